The van der Waals surface area contributed by atoms with Crippen LogP contribution in [0, 0.1) is 0 Å². The van der Waals surface area contributed by atoms with Crippen LogP contribution >= 0.6 is 0 Å². The lowest BCUT2D eigenvalue weighted by atomic mass is 13.8. The smallest absolute Gasteiger partial charge is 0.102 e. The first-order valence-corrected chi connectivity index (χ1v) is 11.0. The van der Waals surface area contributed by atoms with Gasteiger partial charge in [-0.1, -0.05) is 0 Å². The maximum atomic E-state index is 2.71. The second kappa shape index (κ2) is 1.26. The lowest BCUT2D eigenvalue weighted by Crippen LogP contribution is -2.78. The van der Waals surface area contributed by atoms with E-state index in [4.69, 9.17) is 0 Å². The first-order valence-electron chi connectivity index (χ1n) is 1.67. The SMILES string of the molecule is [Si]1[Si][Si]2[Si][Si]N12. The Morgan fingerprint density at radius 3 is 1.67 bits per heavy atom. The first kappa shape index (κ1) is 3.98. The highest BCUT2D eigenvalue weighted by Gasteiger charge is 2.39. The molecule has 2 saturated heterocycles. The van der Waals surface area contributed by atoms with Crippen molar-refractivity contribution in [3.63, 3.8) is 0 Å². The summed E-state index contributed by atoms with van der Waals surface area (Å²) in [5.74, 6) is 0. The molecule has 0 spiro atoms. The van der Waals surface area contributed by atoms with Gasteiger partial charge in [-0.2, -0.15) is 0 Å². The number of nitrogens with zero attached hydrogens (tertiary/aromatic N) is 1. The van der Waals surface area contributed by atoms with Crippen LogP contribution in [0.3, 0.4) is 0 Å². The summed E-state index contributed by atoms with van der Waals surface area (Å²) in [6.07, 6.45) is 0. The van der Waals surface area contributed by atoms with E-state index in [1.165, 1.54) is 35.5 Å². The van der Waals surface area contributed by atoms with Gasteiger partial charge in [0.25, 0.3) is 0 Å². The molecule has 0 aromatic carbocycles. The summed E-state index contributed by atoms with van der Waals surface area (Å²) >= 11 is 0. The summed E-state index contributed by atoms with van der Waals surface area (Å²) in [6, 6.07) is 0. The van der Waals surface area contributed by atoms with Crippen LogP contribution in [0.1, 0.15) is 0 Å². The molecule has 2 heterocycles. The van der Waals surface area contributed by atoms with Crippen molar-refractivity contribution < 1.29 is 0 Å². The van der Waals surface area contributed by atoms with E-state index in [-0.39, 0.29) is 0 Å². The molecular weight excluding hydrogens is 154 g/mol. The van der Waals surface area contributed by atoms with Crippen LogP contribution in [0.4, 0.5) is 0 Å². The van der Waals surface area contributed by atoms with Crippen LogP contribution in [-0.2, 0) is 0 Å². The topological polar surface area (TPSA) is 3.24 Å². The molecule has 0 aromatic heterocycles. The second-order valence-electron chi connectivity index (χ2n) is 1.16. The molecule has 0 saturated carbocycles. The highest BCUT2D eigenvalue weighted by atomic mass is 29.9. The second-order valence-corrected chi connectivity index (χ2v) is 17.2. The van der Waals surface area contributed by atoms with Crippen molar-refractivity contribution >= 4 is 43.5 Å². The fourth-order valence-electron chi connectivity index (χ4n) is 0.395. The third kappa shape index (κ3) is 0.365. The van der Waals surface area contributed by atoms with E-state index in [9.17, 15) is 0 Å². The summed E-state index contributed by atoms with van der Waals surface area (Å²) in [5, 5.41) is 0. The molecule has 2 fully saturated rings. The molecule has 25 valence electrons. The molecule has 0 amide bonds. The molecule has 0 bridgehead atoms. The van der Waals surface area contributed by atoms with Crippen molar-refractivity contribution in [2.45, 2.75) is 0 Å². The van der Waals surface area contributed by atoms with E-state index >= 15 is 0 Å². The minimum Gasteiger partial charge on any atom is -0.384 e. The van der Waals surface area contributed by atoms with Gasteiger partial charge in [0.1, 0.15) is 18.4 Å². The van der Waals surface area contributed by atoms with E-state index < -0.39 is 0 Å². The van der Waals surface area contributed by atoms with Crippen molar-refractivity contribution in [2.75, 3.05) is 0 Å². The molecule has 1 nitrogen and oxygen atoms in total. The fraction of sp³-hybridized carbons (Fsp3) is 0. The molecule has 2 rings (SSSR count). The predicted molar refractivity (Wildman–Crippen MR) is 30.6 cm³/mol. The quantitative estimate of drug-likeness (QED) is 0.357. The third-order valence-corrected chi connectivity index (χ3v) is 28.2. The lowest BCUT2D eigenvalue weighted by molar-refractivity contribution is 1.10. The molecule has 6 heavy (non-hydrogen) atoms. The predicted octanol–water partition coefficient (Wildman–Crippen LogP) is -2.22. The minimum absolute atomic E-state index is 0.323. The summed E-state index contributed by atoms with van der Waals surface area (Å²) in [7, 11) is 5.77. The van der Waals surface area contributed by atoms with Crippen LogP contribution in [0.15, 0.2) is 0 Å². The van der Waals surface area contributed by atoms with Gasteiger partial charge in [0.05, 0.1) is 7.99 Å². The van der Waals surface area contributed by atoms with Crippen LogP contribution in [0.5, 0.6) is 0 Å². The van der Waals surface area contributed by atoms with E-state index in [1.54, 1.807) is 0 Å². The Hall–Kier alpha value is 1.04. The maximum absolute atomic E-state index is 2.71. The van der Waals surface area contributed by atoms with Gasteiger partial charge in [-0.05, 0) is 0 Å². The van der Waals surface area contributed by atoms with Crippen molar-refractivity contribution in [3.05, 3.63) is 0 Å². The largest absolute Gasteiger partial charge is 0.384 e. The molecule has 9 radical (unpaired) electrons. The van der Waals surface area contributed by atoms with Gasteiger partial charge < -0.3 is 3.90 Å². The summed E-state index contributed by atoms with van der Waals surface area (Å²) < 4.78 is 2.71. The lowest BCUT2D eigenvalue weighted by Gasteiger charge is -2.46. The molecule has 0 N–H and O–H groups in total. The standard InChI is InChI=1S/NSi5/c2-1-3-5-6(1)4-2. The zero-order valence-corrected chi connectivity index (χ0v) is 7.95. The molecule has 0 atom stereocenters. The molecule has 2 aliphatic heterocycles. The van der Waals surface area contributed by atoms with Crippen LogP contribution in [0.2, 0.25) is 0 Å². The Balaban J connectivity index is 2.03. The van der Waals surface area contributed by atoms with Crippen LogP contribution in [0.25, 0.3) is 0 Å². The Labute approximate surface area is 47.8 Å². The van der Waals surface area contributed by atoms with E-state index in [1.807, 2.05) is 0 Å². The van der Waals surface area contributed by atoms with Crippen molar-refractivity contribution in [1.82, 2.24) is 3.90 Å². The normalized spacial score (nSPS) is 34.0. The van der Waals surface area contributed by atoms with Gasteiger partial charge >= 0.3 is 0 Å². The first-order chi connectivity index (χ1) is 2.97. The van der Waals surface area contributed by atoms with Crippen LogP contribution < -0.4 is 0 Å². The Kier molecular flexibility index (Phi) is 0.836. The van der Waals surface area contributed by atoms with E-state index in [2.05, 4.69) is 3.90 Å². The zero-order valence-electron chi connectivity index (χ0n) is 2.95. The highest BCUT2D eigenvalue weighted by molar-refractivity contribution is 7.74. The fourth-order valence-corrected chi connectivity index (χ4v) is 31.0. The average molecular weight is 154 g/mol. The number of hydrogen-bond donors (Lipinski definition) is 0. The van der Waals surface area contributed by atoms with Gasteiger partial charge in [-0.3, -0.25) is 0 Å². The van der Waals surface area contributed by atoms with Crippen LogP contribution in [-0.4, -0.2) is 47.4 Å². The van der Waals surface area contributed by atoms with Gasteiger partial charge in [-0.25, -0.2) is 0 Å². The third-order valence-electron chi connectivity index (χ3n) is 0.796. The Bertz CT molecular complexity index is 52.3. The highest BCUT2D eigenvalue weighted by Crippen LogP contribution is 2.05. The monoisotopic (exact) mass is 154 g/mol. The number of hydrogen-bond acceptors (Lipinski definition) is 1. The molecule has 0 aromatic rings. The van der Waals surface area contributed by atoms with E-state index in [0.717, 1.165) is 0 Å². The maximum Gasteiger partial charge on any atom is 0.102 e. The molecule has 2 aliphatic rings. The van der Waals surface area contributed by atoms with Gasteiger partial charge in [0, 0.05) is 17.1 Å². The Morgan fingerprint density at radius 1 is 1.17 bits per heavy atom. The zero-order chi connectivity index (χ0) is 3.98. The minimum atomic E-state index is 0.323. The van der Waals surface area contributed by atoms with Gasteiger partial charge in [0.15, 0.2) is 0 Å². The summed E-state index contributed by atoms with van der Waals surface area (Å²) in [6.45, 7) is 0. The van der Waals surface area contributed by atoms with Crippen molar-refractivity contribution in [3.8, 4) is 0 Å². The van der Waals surface area contributed by atoms with E-state index in [0.29, 0.717) is 7.99 Å². The Morgan fingerprint density at radius 2 is 1.67 bits per heavy atom. The van der Waals surface area contributed by atoms with Gasteiger partial charge in [0.2, 0.25) is 0 Å². The molecule has 0 aliphatic carbocycles. The molecule has 0 unspecified atom stereocenters. The van der Waals surface area contributed by atoms with Crippen molar-refractivity contribution in [1.29, 1.82) is 0 Å². The average Bonchev–Trinajstić information content (AvgIpc) is 1.54. The molecular formula is NSi5. The summed E-state index contributed by atoms with van der Waals surface area (Å²) in [5.41, 5.74) is 0. The summed E-state index contributed by atoms with van der Waals surface area (Å²) in [4.78, 5) is 0. The van der Waals surface area contributed by atoms with Gasteiger partial charge in [-0.15, -0.1) is 0 Å². The van der Waals surface area contributed by atoms with Crippen molar-refractivity contribution in [2.24, 2.45) is 0 Å². The molecule has 6 heteroatoms. The number of fused-ring (bicyclic) bond motifs is 1. The number of rotatable bonds is 0.